The molecule has 0 bridgehead atoms. The Labute approximate surface area is 101 Å². The third kappa shape index (κ3) is 1.89. The van der Waals surface area contributed by atoms with Crippen molar-refractivity contribution < 1.29 is 13.9 Å². The quantitative estimate of drug-likeness (QED) is 0.794. The molecule has 0 radical (unpaired) electrons. The van der Waals surface area contributed by atoms with E-state index in [1.165, 1.54) is 19.4 Å². The van der Waals surface area contributed by atoms with Crippen LogP contribution in [0, 0.1) is 5.82 Å². The first kappa shape index (κ1) is 11.6. The van der Waals surface area contributed by atoms with Gasteiger partial charge in [0.15, 0.2) is 5.82 Å². The molecular weight excluding hydrogens is 247 g/mol. The zero-order chi connectivity index (χ0) is 12.6. The topological polar surface area (TPSA) is 65.2 Å². The predicted molar refractivity (Wildman–Crippen MR) is 62.5 cm³/mol. The van der Waals surface area contributed by atoms with Crippen LogP contribution in [-0.2, 0) is 4.74 Å². The number of carbonyl (C=O) groups is 1. The van der Waals surface area contributed by atoms with Gasteiger partial charge in [0.1, 0.15) is 11.1 Å². The maximum Gasteiger partial charge on any atom is 0.341 e. The Kier molecular flexibility index (Phi) is 2.85. The fraction of sp³-hybridized carbons (Fsp3) is 0.0909. The van der Waals surface area contributed by atoms with Crippen LogP contribution in [0.2, 0.25) is 5.02 Å². The lowest BCUT2D eigenvalue weighted by molar-refractivity contribution is 0.0601. The van der Waals surface area contributed by atoms with Crippen LogP contribution in [-0.4, -0.2) is 18.1 Å². The molecule has 0 aliphatic carbocycles. The first-order valence-electron chi connectivity index (χ1n) is 4.66. The lowest BCUT2D eigenvalue weighted by Gasteiger charge is -2.07. The number of halogens is 2. The molecule has 0 spiro atoms. The van der Waals surface area contributed by atoms with Crippen molar-refractivity contribution in [2.45, 2.75) is 0 Å². The van der Waals surface area contributed by atoms with Crippen LogP contribution in [0.1, 0.15) is 10.4 Å². The summed E-state index contributed by atoms with van der Waals surface area (Å²) in [5, 5.41) is 0.475. The zero-order valence-corrected chi connectivity index (χ0v) is 9.58. The average molecular weight is 255 g/mol. The number of carbonyl (C=O) groups excluding carboxylic acids is 1. The van der Waals surface area contributed by atoms with Crippen LogP contribution in [0.25, 0.3) is 10.9 Å². The van der Waals surface area contributed by atoms with Gasteiger partial charge in [0.05, 0.1) is 12.8 Å². The lowest BCUT2D eigenvalue weighted by atomic mass is 10.1. The third-order valence-corrected chi connectivity index (χ3v) is 2.55. The normalized spacial score (nSPS) is 10.5. The molecule has 4 nitrogen and oxygen atoms in total. The van der Waals surface area contributed by atoms with Crippen molar-refractivity contribution in [2.24, 2.45) is 0 Å². The Bertz CT molecular complexity index is 616. The monoisotopic (exact) mass is 254 g/mol. The summed E-state index contributed by atoms with van der Waals surface area (Å²) < 4.78 is 18.1. The van der Waals surface area contributed by atoms with Crippen LogP contribution < -0.4 is 5.73 Å². The number of pyridine rings is 1. The van der Waals surface area contributed by atoms with Gasteiger partial charge in [0.25, 0.3) is 0 Å². The molecule has 0 saturated carbocycles. The van der Waals surface area contributed by atoms with Gasteiger partial charge in [-0.2, -0.15) is 0 Å². The van der Waals surface area contributed by atoms with Crippen LogP contribution in [0.5, 0.6) is 0 Å². The Morgan fingerprint density at radius 1 is 1.53 bits per heavy atom. The Morgan fingerprint density at radius 3 is 2.88 bits per heavy atom. The van der Waals surface area contributed by atoms with E-state index in [4.69, 9.17) is 17.3 Å². The molecule has 88 valence electrons. The summed E-state index contributed by atoms with van der Waals surface area (Å²) in [6, 6.07) is 2.59. The predicted octanol–water partition coefficient (Wildman–Crippen LogP) is 2.40. The van der Waals surface area contributed by atoms with E-state index < -0.39 is 11.8 Å². The zero-order valence-electron chi connectivity index (χ0n) is 8.83. The number of benzene rings is 1. The number of methoxy groups -OCH3 is 1. The fourth-order valence-electron chi connectivity index (χ4n) is 1.52. The second-order valence-electron chi connectivity index (χ2n) is 3.36. The molecule has 1 aromatic heterocycles. The minimum absolute atomic E-state index is 0.0690. The first-order chi connectivity index (χ1) is 8.04. The minimum atomic E-state index is -0.628. The SMILES string of the molecule is COC(=O)c1cnc2c(F)cc(Cl)cc2c1N. The highest BCUT2D eigenvalue weighted by Crippen LogP contribution is 2.28. The third-order valence-electron chi connectivity index (χ3n) is 2.34. The van der Waals surface area contributed by atoms with Gasteiger partial charge < -0.3 is 10.5 Å². The van der Waals surface area contributed by atoms with Gasteiger partial charge in [-0.1, -0.05) is 11.6 Å². The highest BCUT2D eigenvalue weighted by atomic mass is 35.5. The van der Waals surface area contributed by atoms with E-state index in [1.807, 2.05) is 0 Å². The van der Waals surface area contributed by atoms with Crippen molar-refractivity contribution in [3.63, 3.8) is 0 Å². The van der Waals surface area contributed by atoms with Crippen LogP contribution in [0.3, 0.4) is 0 Å². The molecule has 2 rings (SSSR count). The van der Waals surface area contributed by atoms with Gasteiger partial charge in [0.2, 0.25) is 0 Å². The second kappa shape index (κ2) is 4.18. The number of fused-ring (bicyclic) bond motifs is 1. The number of anilines is 1. The van der Waals surface area contributed by atoms with E-state index >= 15 is 0 Å². The number of aromatic nitrogens is 1. The van der Waals surface area contributed by atoms with Gasteiger partial charge in [-0.05, 0) is 12.1 Å². The van der Waals surface area contributed by atoms with E-state index in [2.05, 4.69) is 9.72 Å². The van der Waals surface area contributed by atoms with Crippen LogP contribution in [0.15, 0.2) is 18.3 Å². The first-order valence-corrected chi connectivity index (χ1v) is 5.04. The molecule has 2 N–H and O–H groups in total. The standard InChI is InChI=1S/C11H8ClFN2O2/c1-17-11(16)7-4-15-10-6(9(7)14)2-5(12)3-8(10)13/h2-4H,1H3,(H2,14,15). The molecule has 0 unspecified atom stereocenters. The molecule has 0 atom stereocenters. The summed E-state index contributed by atoms with van der Waals surface area (Å²) in [4.78, 5) is 15.2. The molecule has 6 heteroatoms. The molecule has 17 heavy (non-hydrogen) atoms. The van der Waals surface area contributed by atoms with Crippen molar-refractivity contribution in [3.8, 4) is 0 Å². The maximum absolute atomic E-state index is 13.5. The van der Waals surface area contributed by atoms with Crippen molar-refractivity contribution in [3.05, 3.63) is 34.7 Å². The number of hydrogen-bond donors (Lipinski definition) is 1. The number of ether oxygens (including phenoxy) is 1. The van der Waals surface area contributed by atoms with E-state index in [1.54, 1.807) is 0 Å². The summed E-state index contributed by atoms with van der Waals surface area (Å²) in [6.07, 6.45) is 1.18. The van der Waals surface area contributed by atoms with E-state index in [9.17, 15) is 9.18 Å². The molecule has 2 aromatic rings. The lowest BCUT2D eigenvalue weighted by Crippen LogP contribution is -2.07. The Balaban J connectivity index is 2.79. The summed E-state index contributed by atoms with van der Waals surface area (Å²) >= 11 is 5.72. The largest absolute Gasteiger partial charge is 0.465 e. The molecule has 0 fully saturated rings. The van der Waals surface area contributed by atoms with Crippen molar-refractivity contribution in [2.75, 3.05) is 12.8 Å². The van der Waals surface area contributed by atoms with Gasteiger partial charge in [-0.25, -0.2) is 9.18 Å². The van der Waals surface area contributed by atoms with E-state index in [0.717, 1.165) is 6.07 Å². The van der Waals surface area contributed by atoms with Crippen molar-refractivity contribution >= 4 is 34.2 Å². The molecule has 0 aliphatic heterocycles. The molecule has 0 amide bonds. The fourth-order valence-corrected chi connectivity index (χ4v) is 1.72. The summed E-state index contributed by atoms with van der Waals surface area (Å²) in [6.45, 7) is 0. The van der Waals surface area contributed by atoms with Crippen molar-refractivity contribution in [1.29, 1.82) is 0 Å². The highest BCUT2D eigenvalue weighted by Gasteiger charge is 2.15. The number of nitrogens with two attached hydrogens (primary N) is 1. The Morgan fingerprint density at radius 2 is 2.24 bits per heavy atom. The molecule has 1 aromatic carbocycles. The smallest absolute Gasteiger partial charge is 0.341 e. The minimum Gasteiger partial charge on any atom is -0.465 e. The van der Waals surface area contributed by atoms with Crippen LogP contribution in [0.4, 0.5) is 10.1 Å². The number of nitrogens with zero attached hydrogens (tertiary/aromatic N) is 1. The highest BCUT2D eigenvalue weighted by molar-refractivity contribution is 6.31. The van der Waals surface area contributed by atoms with E-state index in [0.29, 0.717) is 0 Å². The average Bonchev–Trinajstić information content (AvgIpc) is 2.29. The van der Waals surface area contributed by atoms with Crippen LogP contribution >= 0.6 is 11.6 Å². The summed E-state index contributed by atoms with van der Waals surface area (Å²) in [7, 11) is 1.23. The van der Waals surface area contributed by atoms with Gasteiger partial charge >= 0.3 is 5.97 Å². The maximum atomic E-state index is 13.5. The molecule has 1 heterocycles. The Hall–Kier alpha value is -1.88. The van der Waals surface area contributed by atoms with E-state index in [-0.39, 0.29) is 27.2 Å². The second-order valence-corrected chi connectivity index (χ2v) is 3.80. The number of rotatable bonds is 1. The summed E-state index contributed by atoms with van der Waals surface area (Å²) in [5.41, 5.74) is 6.02. The van der Waals surface area contributed by atoms with Gasteiger partial charge in [-0.15, -0.1) is 0 Å². The van der Waals surface area contributed by atoms with Gasteiger partial charge in [-0.3, -0.25) is 4.98 Å². The number of nitrogen functional groups attached to an aromatic ring is 1. The summed E-state index contributed by atoms with van der Waals surface area (Å²) in [5.74, 6) is -1.21. The molecule has 0 aliphatic rings. The molecular formula is C11H8ClFN2O2. The van der Waals surface area contributed by atoms with Gasteiger partial charge in [0, 0.05) is 16.6 Å². The van der Waals surface area contributed by atoms with Crippen molar-refractivity contribution in [1.82, 2.24) is 4.98 Å². The number of hydrogen-bond acceptors (Lipinski definition) is 4. The molecule has 0 saturated heterocycles. The number of esters is 1.